The van der Waals surface area contributed by atoms with Crippen molar-refractivity contribution < 1.29 is 0 Å². The maximum absolute atomic E-state index is 4.84. The number of thiazole rings is 1. The second-order valence-electron chi connectivity index (χ2n) is 5.05. The maximum atomic E-state index is 4.84. The van der Waals surface area contributed by atoms with Crippen molar-refractivity contribution in [3.8, 4) is 10.7 Å². The summed E-state index contributed by atoms with van der Waals surface area (Å²) in [6, 6.07) is 4.61. The number of aromatic nitrogens is 2. The Morgan fingerprint density at radius 2 is 2.32 bits per heavy atom. The first-order chi connectivity index (χ1) is 9.28. The summed E-state index contributed by atoms with van der Waals surface area (Å²) < 4.78 is 0. The van der Waals surface area contributed by atoms with Crippen LogP contribution >= 0.6 is 11.3 Å². The van der Waals surface area contributed by atoms with E-state index < -0.39 is 0 Å². The van der Waals surface area contributed by atoms with Crippen LogP contribution in [-0.4, -0.2) is 16.5 Å². The van der Waals surface area contributed by atoms with E-state index in [-0.39, 0.29) is 0 Å². The molecule has 1 aliphatic carbocycles. The van der Waals surface area contributed by atoms with Gasteiger partial charge in [-0.2, -0.15) is 0 Å². The first-order valence-corrected chi connectivity index (χ1v) is 7.75. The van der Waals surface area contributed by atoms with Gasteiger partial charge in [-0.3, -0.25) is 4.98 Å². The topological polar surface area (TPSA) is 37.8 Å². The van der Waals surface area contributed by atoms with E-state index in [4.69, 9.17) is 4.98 Å². The summed E-state index contributed by atoms with van der Waals surface area (Å²) in [6.07, 6.45) is 5.54. The third-order valence-electron chi connectivity index (χ3n) is 3.54. The number of aryl methyl sites for hydroxylation is 2. The molecule has 0 bridgehead atoms. The SMILES string of the molecule is CCNC1CCCc2sc(-c3ccc(C)cn3)nc21. The van der Waals surface area contributed by atoms with Gasteiger partial charge in [-0.25, -0.2) is 4.98 Å². The van der Waals surface area contributed by atoms with Crippen LogP contribution in [-0.2, 0) is 6.42 Å². The van der Waals surface area contributed by atoms with E-state index >= 15 is 0 Å². The molecule has 19 heavy (non-hydrogen) atoms. The smallest absolute Gasteiger partial charge is 0.142 e. The highest BCUT2D eigenvalue weighted by molar-refractivity contribution is 7.15. The summed E-state index contributed by atoms with van der Waals surface area (Å²) in [6.45, 7) is 5.22. The molecule has 3 nitrogen and oxygen atoms in total. The molecule has 100 valence electrons. The lowest BCUT2D eigenvalue weighted by Gasteiger charge is -2.21. The van der Waals surface area contributed by atoms with Crippen LogP contribution in [0.1, 0.15) is 41.9 Å². The Kier molecular flexibility index (Phi) is 3.62. The third kappa shape index (κ3) is 2.55. The molecular formula is C15H19N3S. The zero-order valence-electron chi connectivity index (χ0n) is 11.4. The number of nitrogens with one attached hydrogen (secondary N) is 1. The molecule has 2 aromatic heterocycles. The minimum atomic E-state index is 0.434. The molecule has 1 aliphatic rings. The molecule has 0 radical (unpaired) electrons. The van der Waals surface area contributed by atoms with Crippen LogP contribution in [0.5, 0.6) is 0 Å². The van der Waals surface area contributed by atoms with Gasteiger partial charge < -0.3 is 5.32 Å². The van der Waals surface area contributed by atoms with Crippen LogP contribution < -0.4 is 5.32 Å². The minimum Gasteiger partial charge on any atom is -0.309 e. The molecule has 0 saturated carbocycles. The summed E-state index contributed by atoms with van der Waals surface area (Å²) in [7, 11) is 0. The second kappa shape index (κ2) is 5.39. The predicted octanol–water partition coefficient (Wildman–Crippen LogP) is 3.50. The predicted molar refractivity (Wildman–Crippen MR) is 79.4 cm³/mol. The minimum absolute atomic E-state index is 0.434. The molecule has 0 amide bonds. The molecule has 3 rings (SSSR count). The number of rotatable bonds is 3. The molecule has 1 N–H and O–H groups in total. The molecule has 4 heteroatoms. The average molecular weight is 273 g/mol. The van der Waals surface area contributed by atoms with E-state index in [1.54, 1.807) is 0 Å². The lowest BCUT2D eigenvalue weighted by Crippen LogP contribution is -2.24. The van der Waals surface area contributed by atoms with Crippen molar-refractivity contribution >= 4 is 11.3 Å². The van der Waals surface area contributed by atoms with Gasteiger partial charge in [-0.1, -0.05) is 13.0 Å². The summed E-state index contributed by atoms with van der Waals surface area (Å²) in [4.78, 5) is 10.8. The Hall–Kier alpha value is -1.26. The zero-order chi connectivity index (χ0) is 13.2. The van der Waals surface area contributed by atoms with Gasteiger partial charge >= 0.3 is 0 Å². The molecule has 0 aliphatic heterocycles. The first-order valence-electron chi connectivity index (χ1n) is 6.94. The second-order valence-corrected chi connectivity index (χ2v) is 6.13. The number of pyridine rings is 1. The Balaban J connectivity index is 1.95. The summed E-state index contributed by atoms with van der Waals surface area (Å²) in [5.74, 6) is 0. The van der Waals surface area contributed by atoms with Crippen LogP contribution in [0, 0.1) is 6.92 Å². The molecule has 1 atom stereocenters. The van der Waals surface area contributed by atoms with E-state index in [0.717, 1.165) is 17.2 Å². The van der Waals surface area contributed by atoms with Crippen molar-refractivity contribution in [1.29, 1.82) is 0 Å². The van der Waals surface area contributed by atoms with E-state index in [1.807, 2.05) is 17.5 Å². The van der Waals surface area contributed by atoms with Crippen molar-refractivity contribution in [2.45, 2.75) is 39.2 Å². The van der Waals surface area contributed by atoms with Crippen molar-refractivity contribution in [2.24, 2.45) is 0 Å². The average Bonchev–Trinajstić information content (AvgIpc) is 2.85. The van der Waals surface area contributed by atoms with Crippen LogP contribution in [0.25, 0.3) is 10.7 Å². The van der Waals surface area contributed by atoms with Crippen LogP contribution in [0.15, 0.2) is 18.3 Å². The summed E-state index contributed by atoms with van der Waals surface area (Å²) in [5, 5.41) is 4.60. The Morgan fingerprint density at radius 3 is 3.05 bits per heavy atom. The van der Waals surface area contributed by atoms with Crippen LogP contribution in [0.2, 0.25) is 0 Å². The molecule has 2 aromatic rings. The fraction of sp³-hybridized carbons (Fsp3) is 0.467. The summed E-state index contributed by atoms with van der Waals surface area (Å²) >= 11 is 1.81. The molecule has 0 aromatic carbocycles. The number of hydrogen-bond donors (Lipinski definition) is 1. The Morgan fingerprint density at radius 1 is 1.42 bits per heavy atom. The van der Waals surface area contributed by atoms with Gasteiger partial charge in [0.1, 0.15) is 5.01 Å². The fourth-order valence-electron chi connectivity index (χ4n) is 2.57. The van der Waals surface area contributed by atoms with Crippen LogP contribution in [0.4, 0.5) is 0 Å². The molecule has 0 spiro atoms. The van der Waals surface area contributed by atoms with Gasteiger partial charge in [-0.05, 0) is 44.4 Å². The maximum Gasteiger partial charge on any atom is 0.142 e. The largest absolute Gasteiger partial charge is 0.309 e. The highest BCUT2D eigenvalue weighted by Crippen LogP contribution is 2.36. The zero-order valence-corrected chi connectivity index (χ0v) is 12.3. The highest BCUT2D eigenvalue weighted by Gasteiger charge is 2.24. The van der Waals surface area contributed by atoms with E-state index in [9.17, 15) is 0 Å². The van der Waals surface area contributed by atoms with E-state index in [0.29, 0.717) is 6.04 Å². The first kappa shape index (κ1) is 12.8. The normalized spacial score (nSPS) is 18.3. The Bertz CT molecular complexity index is 559. The lowest BCUT2D eigenvalue weighted by molar-refractivity contribution is 0.465. The lowest BCUT2D eigenvalue weighted by atomic mass is 9.98. The molecule has 1 unspecified atom stereocenters. The fourth-order valence-corrected chi connectivity index (χ4v) is 3.71. The Labute approximate surface area is 118 Å². The van der Waals surface area contributed by atoms with Crippen molar-refractivity contribution in [1.82, 2.24) is 15.3 Å². The van der Waals surface area contributed by atoms with E-state index in [1.165, 1.54) is 35.4 Å². The molecule has 0 fully saturated rings. The van der Waals surface area contributed by atoms with Gasteiger partial charge in [0.2, 0.25) is 0 Å². The van der Waals surface area contributed by atoms with Gasteiger partial charge in [0.25, 0.3) is 0 Å². The van der Waals surface area contributed by atoms with Crippen LogP contribution in [0.3, 0.4) is 0 Å². The van der Waals surface area contributed by atoms with Gasteiger partial charge in [-0.15, -0.1) is 11.3 Å². The van der Waals surface area contributed by atoms with Crippen molar-refractivity contribution in [2.75, 3.05) is 6.54 Å². The molecular weight excluding hydrogens is 254 g/mol. The third-order valence-corrected chi connectivity index (χ3v) is 4.69. The standard InChI is InChI=1S/C15H19N3S/c1-3-16-11-5-4-6-13-14(11)18-15(19-13)12-8-7-10(2)9-17-12/h7-9,11,16H,3-6H2,1-2H3. The molecule has 2 heterocycles. The van der Waals surface area contributed by atoms with Gasteiger partial charge in [0.15, 0.2) is 0 Å². The monoisotopic (exact) mass is 273 g/mol. The quantitative estimate of drug-likeness (QED) is 0.930. The van der Waals surface area contributed by atoms with Crippen molar-refractivity contribution in [3.05, 3.63) is 34.5 Å². The van der Waals surface area contributed by atoms with Gasteiger partial charge in [0, 0.05) is 11.1 Å². The number of hydrogen-bond acceptors (Lipinski definition) is 4. The van der Waals surface area contributed by atoms with E-state index in [2.05, 4.69) is 36.3 Å². The molecule has 0 saturated heterocycles. The van der Waals surface area contributed by atoms with Gasteiger partial charge in [0.05, 0.1) is 17.4 Å². The highest BCUT2D eigenvalue weighted by atomic mass is 32.1. The van der Waals surface area contributed by atoms with Crippen molar-refractivity contribution in [3.63, 3.8) is 0 Å². The number of nitrogens with zero attached hydrogens (tertiary/aromatic N) is 2. The number of fused-ring (bicyclic) bond motifs is 1. The summed E-state index contributed by atoms with van der Waals surface area (Å²) in [5.41, 5.74) is 3.45.